The van der Waals surface area contributed by atoms with Gasteiger partial charge in [-0.3, -0.25) is 0 Å². The SMILES string of the molecule is Cc1ccc2nc(CCNCCCO)[nH]c2c1. The zero-order valence-corrected chi connectivity index (χ0v) is 10.2. The zero-order valence-electron chi connectivity index (χ0n) is 10.2. The molecular formula is C13H19N3O. The summed E-state index contributed by atoms with van der Waals surface area (Å²) in [5, 5.41) is 11.9. The summed E-state index contributed by atoms with van der Waals surface area (Å²) in [6, 6.07) is 6.24. The fourth-order valence-corrected chi connectivity index (χ4v) is 1.83. The van der Waals surface area contributed by atoms with Crippen molar-refractivity contribution in [2.75, 3.05) is 19.7 Å². The van der Waals surface area contributed by atoms with E-state index < -0.39 is 0 Å². The van der Waals surface area contributed by atoms with Gasteiger partial charge >= 0.3 is 0 Å². The molecule has 0 radical (unpaired) electrons. The van der Waals surface area contributed by atoms with Crippen LogP contribution in [-0.4, -0.2) is 34.8 Å². The van der Waals surface area contributed by atoms with Crippen molar-refractivity contribution in [1.82, 2.24) is 15.3 Å². The van der Waals surface area contributed by atoms with Crippen LogP contribution in [0.1, 0.15) is 17.8 Å². The van der Waals surface area contributed by atoms with Crippen molar-refractivity contribution in [1.29, 1.82) is 0 Å². The highest BCUT2D eigenvalue weighted by Crippen LogP contribution is 2.13. The van der Waals surface area contributed by atoms with Crippen molar-refractivity contribution in [3.8, 4) is 0 Å². The number of aromatic nitrogens is 2. The number of benzene rings is 1. The summed E-state index contributed by atoms with van der Waals surface area (Å²) in [5.41, 5.74) is 3.38. The smallest absolute Gasteiger partial charge is 0.108 e. The third-order valence-electron chi connectivity index (χ3n) is 2.74. The van der Waals surface area contributed by atoms with Crippen LogP contribution in [0.5, 0.6) is 0 Å². The molecule has 1 heterocycles. The normalized spacial score (nSPS) is 11.2. The molecule has 0 unspecified atom stereocenters. The van der Waals surface area contributed by atoms with Gasteiger partial charge in [0, 0.05) is 19.6 Å². The second-order valence-electron chi connectivity index (χ2n) is 4.28. The topological polar surface area (TPSA) is 60.9 Å². The number of fused-ring (bicyclic) bond motifs is 1. The molecule has 0 aliphatic heterocycles. The van der Waals surface area contributed by atoms with Crippen molar-refractivity contribution in [3.05, 3.63) is 29.6 Å². The number of aryl methyl sites for hydroxylation is 1. The van der Waals surface area contributed by atoms with Gasteiger partial charge in [0.25, 0.3) is 0 Å². The molecular weight excluding hydrogens is 214 g/mol. The van der Waals surface area contributed by atoms with Gasteiger partial charge in [-0.25, -0.2) is 4.98 Å². The second kappa shape index (κ2) is 5.80. The van der Waals surface area contributed by atoms with Gasteiger partial charge in [-0.1, -0.05) is 6.07 Å². The van der Waals surface area contributed by atoms with Crippen LogP contribution in [0, 0.1) is 6.92 Å². The standard InChI is InChI=1S/C13H19N3O/c1-10-3-4-11-12(9-10)16-13(15-11)5-7-14-6-2-8-17/h3-4,9,14,17H,2,5-8H2,1H3,(H,15,16). The van der Waals surface area contributed by atoms with E-state index in [0.717, 1.165) is 42.8 Å². The average molecular weight is 233 g/mol. The zero-order chi connectivity index (χ0) is 12.1. The molecule has 0 amide bonds. The van der Waals surface area contributed by atoms with E-state index in [1.165, 1.54) is 5.56 Å². The molecule has 0 aliphatic carbocycles. The van der Waals surface area contributed by atoms with Gasteiger partial charge in [-0.15, -0.1) is 0 Å². The number of imidazole rings is 1. The number of rotatable bonds is 6. The lowest BCUT2D eigenvalue weighted by Gasteiger charge is -2.00. The molecule has 0 fully saturated rings. The first-order valence-electron chi connectivity index (χ1n) is 6.06. The maximum Gasteiger partial charge on any atom is 0.108 e. The Morgan fingerprint density at radius 1 is 1.35 bits per heavy atom. The first kappa shape index (κ1) is 12.1. The van der Waals surface area contributed by atoms with Crippen molar-refractivity contribution in [2.45, 2.75) is 19.8 Å². The predicted octanol–water partition coefficient (Wildman–Crippen LogP) is 1.39. The summed E-state index contributed by atoms with van der Waals surface area (Å²) in [7, 11) is 0. The third-order valence-corrected chi connectivity index (χ3v) is 2.74. The number of aliphatic hydroxyl groups is 1. The first-order chi connectivity index (χ1) is 8.29. The summed E-state index contributed by atoms with van der Waals surface area (Å²) in [4.78, 5) is 7.85. The van der Waals surface area contributed by atoms with Crippen LogP contribution in [0.2, 0.25) is 0 Å². The van der Waals surface area contributed by atoms with Gasteiger partial charge in [-0.05, 0) is 37.6 Å². The Morgan fingerprint density at radius 3 is 3.06 bits per heavy atom. The molecule has 0 aliphatic rings. The summed E-state index contributed by atoms with van der Waals surface area (Å²) >= 11 is 0. The molecule has 2 rings (SSSR count). The fraction of sp³-hybridized carbons (Fsp3) is 0.462. The van der Waals surface area contributed by atoms with E-state index in [9.17, 15) is 0 Å². The Labute approximate surface area is 101 Å². The lowest BCUT2D eigenvalue weighted by atomic mass is 10.2. The van der Waals surface area contributed by atoms with Gasteiger partial charge < -0.3 is 15.4 Å². The molecule has 0 bridgehead atoms. The Kier molecular flexibility index (Phi) is 4.12. The highest BCUT2D eigenvalue weighted by molar-refractivity contribution is 5.75. The van der Waals surface area contributed by atoms with Crippen LogP contribution in [0.25, 0.3) is 11.0 Å². The number of nitrogens with one attached hydrogen (secondary N) is 2. The largest absolute Gasteiger partial charge is 0.396 e. The number of H-pyrrole nitrogens is 1. The van der Waals surface area contributed by atoms with Crippen LogP contribution in [-0.2, 0) is 6.42 Å². The number of aliphatic hydroxyl groups excluding tert-OH is 1. The van der Waals surface area contributed by atoms with Gasteiger partial charge in [0.2, 0.25) is 0 Å². The van der Waals surface area contributed by atoms with Crippen molar-refractivity contribution in [2.24, 2.45) is 0 Å². The quantitative estimate of drug-likeness (QED) is 0.661. The minimum absolute atomic E-state index is 0.247. The molecule has 1 aromatic carbocycles. The van der Waals surface area contributed by atoms with E-state index >= 15 is 0 Å². The van der Waals surface area contributed by atoms with Gasteiger partial charge in [0.05, 0.1) is 11.0 Å². The molecule has 92 valence electrons. The summed E-state index contributed by atoms with van der Waals surface area (Å²) in [6.45, 7) is 4.07. The predicted molar refractivity (Wildman–Crippen MR) is 69.1 cm³/mol. The molecule has 0 saturated heterocycles. The van der Waals surface area contributed by atoms with E-state index in [-0.39, 0.29) is 6.61 Å². The molecule has 3 N–H and O–H groups in total. The van der Waals surface area contributed by atoms with E-state index in [2.05, 4.69) is 34.3 Å². The monoisotopic (exact) mass is 233 g/mol. The highest BCUT2D eigenvalue weighted by Gasteiger charge is 2.02. The molecule has 0 spiro atoms. The minimum atomic E-state index is 0.247. The molecule has 1 aromatic heterocycles. The molecule has 4 heteroatoms. The van der Waals surface area contributed by atoms with Crippen LogP contribution in [0.4, 0.5) is 0 Å². The lowest BCUT2D eigenvalue weighted by molar-refractivity contribution is 0.286. The molecule has 17 heavy (non-hydrogen) atoms. The van der Waals surface area contributed by atoms with Crippen molar-refractivity contribution < 1.29 is 5.11 Å². The molecule has 0 atom stereocenters. The third kappa shape index (κ3) is 3.28. The number of aromatic amines is 1. The van der Waals surface area contributed by atoms with E-state index in [1.807, 2.05) is 6.07 Å². The van der Waals surface area contributed by atoms with Crippen molar-refractivity contribution in [3.63, 3.8) is 0 Å². The average Bonchev–Trinajstić information content (AvgIpc) is 2.70. The summed E-state index contributed by atoms with van der Waals surface area (Å²) in [6.07, 6.45) is 1.69. The van der Waals surface area contributed by atoms with Gasteiger partial charge in [0.15, 0.2) is 0 Å². The Morgan fingerprint density at radius 2 is 2.24 bits per heavy atom. The Bertz CT molecular complexity index is 478. The van der Waals surface area contributed by atoms with Crippen LogP contribution in [0.3, 0.4) is 0 Å². The molecule has 0 saturated carbocycles. The highest BCUT2D eigenvalue weighted by atomic mass is 16.3. The molecule has 2 aromatic rings. The van der Waals surface area contributed by atoms with Crippen molar-refractivity contribution >= 4 is 11.0 Å². The van der Waals surface area contributed by atoms with Gasteiger partial charge in [-0.2, -0.15) is 0 Å². The Hall–Kier alpha value is -1.39. The lowest BCUT2D eigenvalue weighted by Crippen LogP contribution is -2.19. The summed E-state index contributed by atoms with van der Waals surface area (Å²) < 4.78 is 0. The van der Waals surface area contributed by atoms with Crippen LogP contribution in [0.15, 0.2) is 18.2 Å². The summed E-state index contributed by atoms with van der Waals surface area (Å²) in [5.74, 6) is 1.02. The number of hydrogen-bond donors (Lipinski definition) is 3. The number of hydrogen-bond acceptors (Lipinski definition) is 3. The van der Waals surface area contributed by atoms with Crippen LogP contribution < -0.4 is 5.32 Å². The van der Waals surface area contributed by atoms with Crippen LogP contribution >= 0.6 is 0 Å². The Balaban J connectivity index is 1.91. The maximum atomic E-state index is 8.65. The van der Waals surface area contributed by atoms with E-state index in [1.54, 1.807) is 0 Å². The second-order valence-corrected chi connectivity index (χ2v) is 4.28. The van der Waals surface area contributed by atoms with E-state index in [0.29, 0.717) is 0 Å². The molecule has 4 nitrogen and oxygen atoms in total. The van der Waals surface area contributed by atoms with Gasteiger partial charge in [0.1, 0.15) is 5.82 Å². The maximum absolute atomic E-state index is 8.65. The first-order valence-corrected chi connectivity index (χ1v) is 6.06. The number of nitrogens with zero attached hydrogens (tertiary/aromatic N) is 1. The van der Waals surface area contributed by atoms with E-state index in [4.69, 9.17) is 5.11 Å². The fourth-order valence-electron chi connectivity index (χ4n) is 1.83. The minimum Gasteiger partial charge on any atom is -0.396 e.